The third kappa shape index (κ3) is 2.76. The van der Waals surface area contributed by atoms with Crippen LogP contribution in [-0.2, 0) is 0 Å². The fourth-order valence-electron chi connectivity index (χ4n) is 3.16. The van der Waals surface area contributed by atoms with Gasteiger partial charge in [-0.15, -0.1) is 0 Å². The molecule has 16 heavy (non-hydrogen) atoms. The highest BCUT2D eigenvalue weighted by atomic mass is 15.3. The van der Waals surface area contributed by atoms with Crippen molar-refractivity contribution in [3.8, 4) is 0 Å². The summed E-state index contributed by atoms with van der Waals surface area (Å²) in [5.41, 5.74) is 5.90. The summed E-state index contributed by atoms with van der Waals surface area (Å²) >= 11 is 0. The normalized spacial score (nSPS) is 31.3. The standard InChI is InChI=1S/C13H27N3/c1-11(8-12-4-3-5-12)16-7-6-15(2)10-13(16)9-14/h11-13H,3-10,14H2,1-2H3. The number of likely N-dealkylation sites (N-methyl/N-ethyl adjacent to an activating group) is 1. The quantitative estimate of drug-likeness (QED) is 0.779. The first-order valence-electron chi connectivity index (χ1n) is 6.85. The highest BCUT2D eigenvalue weighted by Gasteiger charge is 2.30. The number of nitrogens with zero attached hydrogens (tertiary/aromatic N) is 2. The van der Waals surface area contributed by atoms with Crippen molar-refractivity contribution in [2.75, 3.05) is 33.2 Å². The first kappa shape index (κ1) is 12.3. The first-order chi connectivity index (χ1) is 7.70. The summed E-state index contributed by atoms with van der Waals surface area (Å²) in [7, 11) is 2.20. The summed E-state index contributed by atoms with van der Waals surface area (Å²) in [4.78, 5) is 5.06. The summed E-state index contributed by atoms with van der Waals surface area (Å²) in [5, 5.41) is 0. The van der Waals surface area contributed by atoms with Crippen molar-refractivity contribution in [1.29, 1.82) is 0 Å². The highest BCUT2D eigenvalue weighted by Crippen LogP contribution is 2.32. The summed E-state index contributed by atoms with van der Waals surface area (Å²) in [6.07, 6.45) is 5.78. The van der Waals surface area contributed by atoms with Gasteiger partial charge in [0.2, 0.25) is 0 Å². The van der Waals surface area contributed by atoms with Crippen molar-refractivity contribution >= 4 is 0 Å². The van der Waals surface area contributed by atoms with E-state index in [1.54, 1.807) is 0 Å². The molecule has 1 heterocycles. The van der Waals surface area contributed by atoms with E-state index >= 15 is 0 Å². The Hall–Kier alpha value is -0.120. The molecule has 2 fully saturated rings. The molecule has 0 bridgehead atoms. The molecule has 2 N–H and O–H groups in total. The molecule has 94 valence electrons. The van der Waals surface area contributed by atoms with Gasteiger partial charge in [0, 0.05) is 38.3 Å². The second-order valence-electron chi connectivity index (χ2n) is 5.77. The Morgan fingerprint density at radius 3 is 2.62 bits per heavy atom. The van der Waals surface area contributed by atoms with Crippen molar-refractivity contribution in [2.45, 2.75) is 44.7 Å². The van der Waals surface area contributed by atoms with Crippen LogP contribution in [0.3, 0.4) is 0 Å². The molecule has 0 spiro atoms. The SMILES string of the molecule is CC(CC1CCC1)N1CCN(C)CC1CN. The minimum atomic E-state index is 0.578. The first-order valence-corrected chi connectivity index (χ1v) is 6.85. The largest absolute Gasteiger partial charge is 0.329 e. The van der Waals surface area contributed by atoms with E-state index in [0.717, 1.165) is 25.0 Å². The second kappa shape index (κ2) is 5.48. The third-order valence-corrected chi connectivity index (χ3v) is 4.47. The Bertz CT molecular complexity index is 215. The van der Waals surface area contributed by atoms with Gasteiger partial charge in [-0.05, 0) is 26.3 Å². The van der Waals surface area contributed by atoms with Gasteiger partial charge in [-0.25, -0.2) is 0 Å². The van der Waals surface area contributed by atoms with E-state index in [4.69, 9.17) is 5.73 Å². The highest BCUT2D eigenvalue weighted by molar-refractivity contribution is 4.86. The fraction of sp³-hybridized carbons (Fsp3) is 1.00. The molecule has 2 atom stereocenters. The van der Waals surface area contributed by atoms with Crippen LogP contribution >= 0.6 is 0 Å². The Morgan fingerprint density at radius 1 is 1.31 bits per heavy atom. The maximum Gasteiger partial charge on any atom is 0.0348 e. The number of hydrogen-bond acceptors (Lipinski definition) is 3. The maximum atomic E-state index is 5.90. The van der Waals surface area contributed by atoms with Gasteiger partial charge in [0.05, 0.1) is 0 Å². The van der Waals surface area contributed by atoms with Crippen LogP contribution in [0.25, 0.3) is 0 Å². The molecule has 1 aliphatic heterocycles. The molecule has 1 saturated heterocycles. The summed E-state index contributed by atoms with van der Waals surface area (Å²) in [6.45, 7) is 6.74. The lowest BCUT2D eigenvalue weighted by Crippen LogP contribution is -2.57. The van der Waals surface area contributed by atoms with Gasteiger partial charge in [-0.1, -0.05) is 19.3 Å². The summed E-state index contributed by atoms with van der Waals surface area (Å²) < 4.78 is 0. The molecule has 3 nitrogen and oxygen atoms in total. The average Bonchev–Trinajstić information content (AvgIpc) is 2.23. The van der Waals surface area contributed by atoms with E-state index in [-0.39, 0.29) is 0 Å². The monoisotopic (exact) mass is 225 g/mol. The summed E-state index contributed by atoms with van der Waals surface area (Å²) in [6, 6.07) is 1.31. The van der Waals surface area contributed by atoms with Gasteiger partial charge < -0.3 is 10.6 Å². The fourth-order valence-corrected chi connectivity index (χ4v) is 3.16. The molecule has 0 aromatic rings. The van der Waals surface area contributed by atoms with Crippen molar-refractivity contribution in [3.63, 3.8) is 0 Å². The summed E-state index contributed by atoms with van der Waals surface area (Å²) in [5.74, 6) is 1.01. The van der Waals surface area contributed by atoms with Gasteiger partial charge in [-0.2, -0.15) is 0 Å². The molecule has 0 amide bonds. The molecule has 2 rings (SSSR count). The van der Waals surface area contributed by atoms with Gasteiger partial charge in [-0.3, -0.25) is 4.90 Å². The lowest BCUT2D eigenvalue weighted by atomic mass is 9.80. The van der Waals surface area contributed by atoms with Crippen molar-refractivity contribution in [3.05, 3.63) is 0 Å². The zero-order valence-electron chi connectivity index (χ0n) is 10.9. The minimum Gasteiger partial charge on any atom is -0.329 e. The lowest BCUT2D eigenvalue weighted by molar-refractivity contribution is 0.0469. The molecule has 2 aliphatic rings. The van der Waals surface area contributed by atoms with E-state index in [2.05, 4.69) is 23.8 Å². The van der Waals surface area contributed by atoms with Crippen LogP contribution < -0.4 is 5.73 Å². The van der Waals surface area contributed by atoms with Crippen LogP contribution in [0.1, 0.15) is 32.6 Å². The van der Waals surface area contributed by atoms with Crippen LogP contribution in [0.15, 0.2) is 0 Å². The molecule has 3 heteroatoms. The van der Waals surface area contributed by atoms with Gasteiger partial charge in [0.1, 0.15) is 0 Å². The van der Waals surface area contributed by atoms with E-state index in [9.17, 15) is 0 Å². The molecular formula is C13H27N3. The Morgan fingerprint density at radius 2 is 2.06 bits per heavy atom. The minimum absolute atomic E-state index is 0.578. The molecule has 0 radical (unpaired) electrons. The van der Waals surface area contributed by atoms with Crippen LogP contribution in [0.4, 0.5) is 0 Å². The third-order valence-electron chi connectivity index (χ3n) is 4.47. The van der Waals surface area contributed by atoms with E-state index in [1.807, 2.05) is 0 Å². The van der Waals surface area contributed by atoms with Crippen LogP contribution in [0.2, 0.25) is 0 Å². The molecule has 0 aromatic carbocycles. The van der Waals surface area contributed by atoms with Gasteiger partial charge in [0.15, 0.2) is 0 Å². The number of hydrogen-bond donors (Lipinski definition) is 1. The molecular weight excluding hydrogens is 198 g/mol. The smallest absolute Gasteiger partial charge is 0.0348 e. The van der Waals surface area contributed by atoms with Crippen molar-refractivity contribution < 1.29 is 0 Å². The maximum absolute atomic E-state index is 5.90. The Balaban J connectivity index is 1.84. The van der Waals surface area contributed by atoms with Gasteiger partial charge in [0.25, 0.3) is 0 Å². The number of piperazine rings is 1. The predicted molar refractivity (Wildman–Crippen MR) is 68.5 cm³/mol. The lowest BCUT2D eigenvalue weighted by Gasteiger charge is -2.44. The van der Waals surface area contributed by atoms with Gasteiger partial charge >= 0.3 is 0 Å². The molecule has 1 aliphatic carbocycles. The Labute approximate surface area is 100.0 Å². The zero-order chi connectivity index (χ0) is 11.5. The molecule has 1 saturated carbocycles. The molecule has 2 unspecified atom stereocenters. The second-order valence-corrected chi connectivity index (χ2v) is 5.77. The van der Waals surface area contributed by atoms with Crippen molar-refractivity contribution in [2.24, 2.45) is 11.7 Å². The van der Waals surface area contributed by atoms with E-state index < -0.39 is 0 Å². The van der Waals surface area contributed by atoms with E-state index in [0.29, 0.717) is 6.04 Å². The molecule has 0 aromatic heterocycles. The number of rotatable bonds is 4. The number of nitrogens with two attached hydrogens (primary N) is 1. The Kier molecular flexibility index (Phi) is 4.22. The van der Waals surface area contributed by atoms with Crippen LogP contribution in [0, 0.1) is 5.92 Å². The van der Waals surface area contributed by atoms with Crippen molar-refractivity contribution in [1.82, 2.24) is 9.80 Å². The van der Waals surface area contributed by atoms with E-state index in [1.165, 1.54) is 38.8 Å². The predicted octanol–water partition coefficient (Wildman–Crippen LogP) is 1.14. The zero-order valence-corrected chi connectivity index (χ0v) is 10.9. The van der Waals surface area contributed by atoms with Crippen LogP contribution in [0.5, 0.6) is 0 Å². The topological polar surface area (TPSA) is 32.5 Å². The average molecular weight is 225 g/mol. The van der Waals surface area contributed by atoms with Crippen LogP contribution in [-0.4, -0.2) is 55.1 Å².